The van der Waals surface area contributed by atoms with Crippen LogP contribution in [0, 0.1) is 52.8 Å². The summed E-state index contributed by atoms with van der Waals surface area (Å²) in [5, 5.41) is 0. The molecule has 2 nitrogen and oxygen atoms in total. The summed E-state index contributed by atoms with van der Waals surface area (Å²) < 4.78 is 12.3. The monoisotopic (exact) mass is 438 g/mol. The molecule has 2 heteroatoms. The quantitative estimate of drug-likeness (QED) is 0.326. The molecule has 3 saturated carbocycles. The van der Waals surface area contributed by atoms with Crippen molar-refractivity contribution >= 4 is 0 Å². The van der Waals surface area contributed by atoms with Gasteiger partial charge in [-0.3, -0.25) is 0 Å². The molecule has 1 unspecified atom stereocenters. The number of hydrogen-bond donors (Lipinski definition) is 0. The molecule has 1 heterocycles. The summed E-state index contributed by atoms with van der Waals surface area (Å²) in [4.78, 5) is 0. The molecule has 4 fully saturated rings. The number of rotatable bonds is 5. The fraction of sp³-hybridized carbons (Fsp3) is 0.867. The van der Waals surface area contributed by atoms with E-state index in [-0.39, 0.29) is 6.29 Å². The Morgan fingerprint density at radius 2 is 2.00 bits per heavy atom. The first-order valence-corrected chi connectivity index (χ1v) is 13.9. The van der Waals surface area contributed by atoms with Crippen LogP contribution in [0.1, 0.15) is 104 Å². The maximum absolute atomic E-state index is 6.44. The fourth-order valence-corrected chi connectivity index (χ4v) is 9.26. The Morgan fingerprint density at radius 3 is 2.78 bits per heavy atom. The highest BCUT2D eigenvalue weighted by molar-refractivity contribution is 5.25. The first-order chi connectivity index (χ1) is 15.5. The first-order valence-electron chi connectivity index (χ1n) is 13.9. The molecule has 1 saturated heterocycles. The molecule has 5 rings (SSSR count). The van der Waals surface area contributed by atoms with E-state index >= 15 is 0 Å². The molecule has 4 aliphatic carbocycles. The average molecular weight is 439 g/mol. The zero-order chi connectivity index (χ0) is 22.3. The van der Waals surface area contributed by atoms with Gasteiger partial charge in [-0.25, -0.2) is 0 Å². The number of fused-ring (bicyclic) bond motifs is 5. The lowest BCUT2D eigenvalue weighted by Crippen LogP contribution is -2.51. The van der Waals surface area contributed by atoms with Crippen molar-refractivity contribution in [2.45, 2.75) is 117 Å². The summed E-state index contributed by atoms with van der Waals surface area (Å²) in [6, 6.07) is 0. The van der Waals surface area contributed by atoms with Crippen LogP contribution in [0.5, 0.6) is 0 Å². The van der Waals surface area contributed by atoms with Gasteiger partial charge in [0.2, 0.25) is 0 Å². The molecular formula is C30H46O2. The largest absolute Gasteiger partial charge is 0.353 e. The molecule has 178 valence electrons. The zero-order valence-electron chi connectivity index (χ0n) is 20.9. The van der Waals surface area contributed by atoms with Crippen LogP contribution >= 0.6 is 0 Å². The highest BCUT2D eigenvalue weighted by Gasteiger charge is 2.59. The normalized spacial score (nSPS) is 46.9. The van der Waals surface area contributed by atoms with E-state index in [2.05, 4.69) is 32.8 Å². The van der Waals surface area contributed by atoms with Crippen LogP contribution in [-0.2, 0) is 9.47 Å². The third-order valence-electron chi connectivity index (χ3n) is 11.0. The molecule has 0 bridgehead atoms. The van der Waals surface area contributed by atoms with Crippen LogP contribution in [0.4, 0.5) is 0 Å². The Hall–Kier alpha value is -0.780. The van der Waals surface area contributed by atoms with Gasteiger partial charge in [-0.2, -0.15) is 0 Å². The van der Waals surface area contributed by atoms with Crippen LogP contribution in [0.15, 0.2) is 11.6 Å². The topological polar surface area (TPSA) is 18.5 Å². The highest BCUT2D eigenvalue weighted by Crippen LogP contribution is 2.67. The van der Waals surface area contributed by atoms with Gasteiger partial charge in [-0.05, 0) is 117 Å². The summed E-state index contributed by atoms with van der Waals surface area (Å²) in [5.74, 6) is 7.23. The average Bonchev–Trinajstić information content (AvgIpc) is 3.16. The molecule has 1 aliphatic heterocycles. The molecule has 0 N–H and O–H groups in total. The van der Waals surface area contributed by atoms with Crippen molar-refractivity contribution in [3.63, 3.8) is 0 Å². The highest BCUT2D eigenvalue weighted by atomic mass is 16.7. The Bertz CT molecular complexity index is 742. The Kier molecular flexibility index (Phi) is 6.54. The molecule has 9 atom stereocenters. The summed E-state index contributed by atoms with van der Waals surface area (Å²) in [6.45, 7) is 8.64. The predicted octanol–water partition coefficient (Wildman–Crippen LogP) is 7.53. The molecule has 0 amide bonds. The van der Waals surface area contributed by atoms with Gasteiger partial charge in [0, 0.05) is 13.0 Å². The van der Waals surface area contributed by atoms with Gasteiger partial charge < -0.3 is 9.47 Å². The van der Waals surface area contributed by atoms with Gasteiger partial charge in [0.1, 0.15) is 0 Å². The van der Waals surface area contributed by atoms with E-state index in [0.29, 0.717) is 16.9 Å². The van der Waals surface area contributed by atoms with Crippen LogP contribution < -0.4 is 0 Å². The van der Waals surface area contributed by atoms with Crippen LogP contribution in [0.3, 0.4) is 0 Å². The van der Waals surface area contributed by atoms with Crippen molar-refractivity contribution in [2.75, 3.05) is 6.61 Å². The van der Waals surface area contributed by atoms with Crippen molar-refractivity contribution < 1.29 is 9.47 Å². The Labute approximate surface area is 197 Å². The second-order valence-electron chi connectivity index (χ2n) is 12.5. The van der Waals surface area contributed by atoms with E-state index < -0.39 is 0 Å². The van der Waals surface area contributed by atoms with Crippen LogP contribution in [-0.4, -0.2) is 19.0 Å². The minimum absolute atomic E-state index is 0.0531. The SMILES string of the molecule is C#CCC[C@@H](C)[C@H]1CC[C@H]2[C@@H]3CC=C4C[C@@H](OC5CCCCO5)CC[C@]4(C)[C@H]3CC[C@]12C. The van der Waals surface area contributed by atoms with Gasteiger partial charge >= 0.3 is 0 Å². The van der Waals surface area contributed by atoms with E-state index in [1.165, 1.54) is 64.2 Å². The van der Waals surface area contributed by atoms with Crippen molar-refractivity contribution in [2.24, 2.45) is 40.4 Å². The Balaban J connectivity index is 1.28. The second kappa shape index (κ2) is 9.11. The maximum Gasteiger partial charge on any atom is 0.157 e. The molecule has 0 radical (unpaired) electrons. The molecular weight excluding hydrogens is 392 g/mol. The summed E-state index contributed by atoms with van der Waals surface area (Å²) in [7, 11) is 0. The lowest BCUT2D eigenvalue weighted by molar-refractivity contribution is -0.195. The van der Waals surface area contributed by atoms with E-state index in [9.17, 15) is 0 Å². The van der Waals surface area contributed by atoms with E-state index in [1.807, 2.05) is 0 Å². The zero-order valence-corrected chi connectivity index (χ0v) is 20.9. The minimum Gasteiger partial charge on any atom is -0.353 e. The van der Waals surface area contributed by atoms with E-state index in [4.69, 9.17) is 15.9 Å². The van der Waals surface area contributed by atoms with Crippen LogP contribution in [0.25, 0.3) is 0 Å². The van der Waals surface area contributed by atoms with Gasteiger partial charge in [-0.15, -0.1) is 12.3 Å². The number of terminal acetylenes is 1. The molecule has 0 aromatic rings. The smallest absolute Gasteiger partial charge is 0.157 e. The number of allylic oxidation sites excluding steroid dienone is 1. The summed E-state index contributed by atoms with van der Waals surface area (Å²) >= 11 is 0. The molecule has 0 spiro atoms. The van der Waals surface area contributed by atoms with Crippen LogP contribution in [0.2, 0.25) is 0 Å². The summed E-state index contributed by atoms with van der Waals surface area (Å²) in [6.07, 6.45) is 25.1. The third-order valence-corrected chi connectivity index (χ3v) is 11.0. The maximum atomic E-state index is 6.44. The van der Waals surface area contributed by atoms with E-state index in [1.54, 1.807) is 5.57 Å². The molecule has 0 aromatic carbocycles. The molecule has 5 aliphatic rings. The number of hydrogen-bond acceptors (Lipinski definition) is 2. The summed E-state index contributed by atoms with van der Waals surface area (Å²) in [5.41, 5.74) is 2.67. The second-order valence-corrected chi connectivity index (χ2v) is 12.5. The van der Waals surface area contributed by atoms with E-state index in [0.717, 1.165) is 55.5 Å². The Morgan fingerprint density at radius 1 is 1.12 bits per heavy atom. The van der Waals surface area contributed by atoms with Gasteiger partial charge in [0.05, 0.1) is 6.10 Å². The van der Waals surface area contributed by atoms with Crippen molar-refractivity contribution in [1.29, 1.82) is 0 Å². The number of ether oxygens (including phenoxy) is 2. The molecule has 0 aromatic heterocycles. The van der Waals surface area contributed by atoms with Gasteiger partial charge in [0.15, 0.2) is 6.29 Å². The predicted molar refractivity (Wildman–Crippen MR) is 131 cm³/mol. The fourth-order valence-electron chi connectivity index (χ4n) is 9.26. The van der Waals surface area contributed by atoms with Crippen molar-refractivity contribution in [3.05, 3.63) is 11.6 Å². The van der Waals surface area contributed by atoms with Crippen molar-refractivity contribution in [3.8, 4) is 12.3 Å². The molecule has 32 heavy (non-hydrogen) atoms. The van der Waals surface area contributed by atoms with Gasteiger partial charge in [-0.1, -0.05) is 32.4 Å². The minimum atomic E-state index is 0.0531. The van der Waals surface area contributed by atoms with Gasteiger partial charge in [0.25, 0.3) is 0 Å². The first kappa shape index (κ1) is 23.0. The lowest BCUT2D eigenvalue weighted by atomic mass is 9.47. The van der Waals surface area contributed by atoms with Crippen molar-refractivity contribution in [1.82, 2.24) is 0 Å². The lowest BCUT2D eigenvalue weighted by Gasteiger charge is -2.58. The standard InChI is InChI=1S/C30H46O2/c1-5-6-9-21(2)25-13-14-26-24-12-11-22-20-23(32-28-10-7-8-19-31-28)15-17-29(22,3)27(24)16-18-30(25,26)4/h1,11,21,23-28H,6-10,12-20H2,2-4H3/t21-,23+,24+,25-,26+,27+,28?,29+,30-/m1/s1. The third kappa shape index (κ3) is 3.90.